The van der Waals surface area contributed by atoms with Crippen molar-refractivity contribution in [2.45, 2.75) is 6.42 Å². The van der Waals surface area contributed by atoms with Crippen molar-refractivity contribution in [3.63, 3.8) is 0 Å². The summed E-state index contributed by atoms with van der Waals surface area (Å²) in [5.41, 5.74) is -0.284. The maximum Gasteiger partial charge on any atom is 0.337 e. The first-order chi connectivity index (χ1) is 8.31. The van der Waals surface area contributed by atoms with Gasteiger partial charge in [-0.25, -0.2) is 17.6 Å². The molecule has 0 saturated carbocycles. The lowest BCUT2D eigenvalue weighted by Crippen LogP contribution is -2.13. The molecule has 0 spiro atoms. The van der Waals surface area contributed by atoms with E-state index in [1.807, 2.05) is 0 Å². The van der Waals surface area contributed by atoms with Gasteiger partial charge < -0.3 is 10.4 Å². The normalized spacial score (nSPS) is 11.2. The number of sulfone groups is 1. The first-order valence-electron chi connectivity index (χ1n) is 5.24. The summed E-state index contributed by atoms with van der Waals surface area (Å²) in [5.74, 6) is -1.94. The van der Waals surface area contributed by atoms with Crippen molar-refractivity contribution in [1.82, 2.24) is 0 Å². The van der Waals surface area contributed by atoms with Crippen LogP contribution in [0.3, 0.4) is 0 Å². The van der Waals surface area contributed by atoms with Gasteiger partial charge in [0.05, 0.1) is 17.0 Å². The number of aromatic carboxylic acids is 1. The molecule has 7 heteroatoms. The van der Waals surface area contributed by atoms with Gasteiger partial charge >= 0.3 is 5.97 Å². The Bertz CT molecular complexity index is 542. The van der Waals surface area contributed by atoms with Crippen LogP contribution in [0.15, 0.2) is 18.2 Å². The van der Waals surface area contributed by atoms with Crippen LogP contribution in [0.4, 0.5) is 10.1 Å². The van der Waals surface area contributed by atoms with Crippen LogP contribution >= 0.6 is 0 Å². The zero-order valence-corrected chi connectivity index (χ0v) is 10.6. The molecule has 100 valence electrons. The van der Waals surface area contributed by atoms with Gasteiger partial charge in [0, 0.05) is 12.8 Å². The number of carboxylic acids is 1. The molecule has 2 N–H and O–H groups in total. The molecule has 0 heterocycles. The summed E-state index contributed by atoms with van der Waals surface area (Å²) >= 11 is 0. The molecule has 1 aromatic rings. The van der Waals surface area contributed by atoms with Gasteiger partial charge in [0.1, 0.15) is 15.7 Å². The molecule has 0 fully saturated rings. The van der Waals surface area contributed by atoms with Crippen LogP contribution in [0.2, 0.25) is 0 Å². The Hall–Kier alpha value is -1.63. The number of anilines is 1. The lowest BCUT2D eigenvalue weighted by molar-refractivity contribution is 0.0697. The zero-order valence-electron chi connectivity index (χ0n) is 9.81. The number of carboxylic acid groups (broad SMARTS) is 1. The molecule has 0 aliphatic heterocycles. The number of rotatable bonds is 6. The molecule has 0 amide bonds. The van der Waals surface area contributed by atoms with Crippen molar-refractivity contribution >= 4 is 21.5 Å². The van der Waals surface area contributed by atoms with E-state index < -0.39 is 21.6 Å². The van der Waals surface area contributed by atoms with E-state index in [1.54, 1.807) is 0 Å². The second kappa shape index (κ2) is 5.81. The topological polar surface area (TPSA) is 83.5 Å². The highest BCUT2D eigenvalue weighted by molar-refractivity contribution is 7.90. The Kier molecular flexibility index (Phi) is 4.66. The van der Waals surface area contributed by atoms with E-state index in [0.29, 0.717) is 0 Å². The summed E-state index contributed by atoms with van der Waals surface area (Å²) in [5, 5.41) is 11.5. The summed E-state index contributed by atoms with van der Waals surface area (Å²) in [6.07, 6.45) is 1.39. The van der Waals surface area contributed by atoms with Gasteiger partial charge in [0.25, 0.3) is 0 Å². The highest BCUT2D eigenvalue weighted by atomic mass is 32.2. The first kappa shape index (κ1) is 14.4. The number of halogens is 1. The molecule has 1 rings (SSSR count). The molecule has 5 nitrogen and oxygen atoms in total. The lowest BCUT2D eigenvalue weighted by Gasteiger charge is -2.10. The number of para-hydroxylation sites is 1. The molecular weight excluding hydrogens is 261 g/mol. The van der Waals surface area contributed by atoms with E-state index in [0.717, 1.165) is 12.3 Å². The maximum atomic E-state index is 13.4. The molecular formula is C11H14FNO4S. The first-order valence-corrected chi connectivity index (χ1v) is 7.31. The van der Waals surface area contributed by atoms with E-state index in [2.05, 4.69) is 5.32 Å². The quantitative estimate of drug-likeness (QED) is 0.766. The van der Waals surface area contributed by atoms with Gasteiger partial charge in [-0.1, -0.05) is 6.07 Å². The third-order valence-electron chi connectivity index (χ3n) is 2.24. The molecule has 0 saturated heterocycles. The second-order valence-corrected chi connectivity index (χ2v) is 6.14. The lowest BCUT2D eigenvalue weighted by atomic mass is 10.1. The monoisotopic (exact) mass is 275 g/mol. The van der Waals surface area contributed by atoms with E-state index >= 15 is 0 Å². The van der Waals surface area contributed by atoms with Crippen molar-refractivity contribution in [2.75, 3.05) is 23.9 Å². The van der Waals surface area contributed by atoms with Gasteiger partial charge in [-0.05, 0) is 18.6 Å². The van der Waals surface area contributed by atoms with Gasteiger partial charge in [-0.2, -0.15) is 0 Å². The zero-order chi connectivity index (χ0) is 13.8. The Labute approximate surface area is 105 Å². The fourth-order valence-corrected chi connectivity index (χ4v) is 2.10. The largest absolute Gasteiger partial charge is 0.478 e. The Morgan fingerprint density at radius 3 is 2.67 bits per heavy atom. The molecule has 0 aliphatic carbocycles. The Morgan fingerprint density at radius 1 is 1.44 bits per heavy atom. The minimum Gasteiger partial charge on any atom is -0.478 e. The second-order valence-electron chi connectivity index (χ2n) is 3.88. The summed E-state index contributed by atoms with van der Waals surface area (Å²) in [4.78, 5) is 10.9. The maximum absolute atomic E-state index is 13.4. The third kappa shape index (κ3) is 4.33. The molecule has 0 bridgehead atoms. The smallest absolute Gasteiger partial charge is 0.337 e. The van der Waals surface area contributed by atoms with E-state index in [-0.39, 0.29) is 30.0 Å². The minimum absolute atomic E-state index is 0.0309. The molecule has 1 aromatic carbocycles. The summed E-state index contributed by atoms with van der Waals surface area (Å²) in [6.45, 7) is 0.189. The SMILES string of the molecule is CS(=O)(=O)CCCNc1c(F)cccc1C(=O)O. The Balaban J connectivity index is 2.70. The summed E-state index contributed by atoms with van der Waals surface area (Å²) in [7, 11) is -3.07. The van der Waals surface area contributed by atoms with E-state index in [9.17, 15) is 17.6 Å². The molecule has 18 heavy (non-hydrogen) atoms. The molecule has 0 atom stereocenters. The predicted octanol–water partition coefficient (Wildman–Crippen LogP) is 1.37. The number of carbonyl (C=O) groups is 1. The molecule has 0 unspecified atom stereocenters. The van der Waals surface area contributed by atoms with Crippen molar-refractivity contribution < 1.29 is 22.7 Å². The van der Waals surface area contributed by atoms with Crippen LogP contribution in [0, 0.1) is 5.82 Å². The third-order valence-corrected chi connectivity index (χ3v) is 3.27. The molecule has 0 radical (unpaired) electrons. The number of benzene rings is 1. The highest BCUT2D eigenvalue weighted by Gasteiger charge is 2.13. The number of nitrogens with one attached hydrogen (secondary N) is 1. The van der Waals surface area contributed by atoms with Crippen LogP contribution < -0.4 is 5.32 Å². The summed E-state index contributed by atoms with van der Waals surface area (Å²) in [6, 6.07) is 3.73. The molecule has 0 aliphatic rings. The highest BCUT2D eigenvalue weighted by Crippen LogP contribution is 2.19. The predicted molar refractivity (Wildman–Crippen MR) is 66.2 cm³/mol. The average Bonchev–Trinajstić information content (AvgIpc) is 2.24. The van der Waals surface area contributed by atoms with E-state index in [4.69, 9.17) is 5.11 Å². The van der Waals surface area contributed by atoms with Crippen molar-refractivity contribution in [2.24, 2.45) is 0 Å². The fraction of sp³-hybridized carbons (Fsp3) is 0.364. The van der Waals surface area contributed by atoms with Gasteiger partial charge in [0.15, 0.2) is 0 Å². The minimum atomic E-state index is -3.07. The van der Waals surface area contributed by atoms with Crippen LogP contribution in [-0.4, -0.2) is 38.0 Å². The van der Waals surface area contributed by atoms with E-state index in [1.165, 1.54) is 12.1 Å². The number of hydrogen-bond acceptors (Lipinski definition) is 4. The molecule has 0 aromatic heterocycles. The van der Waals surface area contributed by atoms with Gasteiger partial charge in [0.2, 0.25) is 0 Å². The Morgan fingerprint density at radius 2 is 2.11 bits per heavy atom. The summed E-state index contributed by atoms with van der Waals surface area (Å²) < 4.78 is 35.2. The fourth-order valence-electron chi connectivity index (χ4n) is 1.43. The van der Waals surface area contributed by atoms with Gasteiger partial charge in [-0.15, -0.1) is 0 Å². The van der Waals surface area contributed by atoms with Crippen LogP contribution in [0.5, 0.6) is 0 Å². The van der Waals surface area contributed by atoms with Crippen molar-refractivity contribution in [1.29, 1.82) is 0 Å². The van der Waals surface area contributed by atoms with Crippen molar-refractivity contribution in [3.05, 3.63) is 29.6 Å². The van der Waals surface area contributed by atoms with Crippen LogP contribution in [0.25, 0.3) is 0 Å². The standard InChI is InChI=1S/C11H14FNO4S/c1-18(16,17)7-3-6-13-10-8(11(14)15)4-2-5-9(10)12/h2,4-5,13H,3,6-7H2,1H3,(H,14,15). The van der Waals surface area contributed by atoms with Gasteiger partial charge in [-0.3, -0.25) is 0 Å². The average molecular weight is 275 g/mol. The number of hydrogen-bond donors (Lipinski definition) is 2. The van der Waals surface area contributed by atoms with Crippen molar-refractivity contribution in [3.8, 4) is 0 Å². The van der Waals surface area contributed by atoms with Crippen LogP contribution in [0.1, 0.15) is 16.8 Å². The van der Waals surface area contributed by atoms with Crippen LogP contribution in [-0.2, 0) is 9.84 Å².